The Morgan fingerprint density at radius 1 is 1.30 bits per heavy atom. The molecule has 1 aromatic carbocycles. The first-order valence-corrected chi connectivity index (χ1v) is 7.29. The van der Waals surface area contributed by atoms with Crippen molar-refractivity contribution >= 4 is 27.8 Å². The first kappa shape index (κ1) is 15.0. The standard InChI is InChI=1S/C14H15BrFNO3/c15-10-6-4-5-9(12(10)16)13(18)17-8-3-1-2-7-11(17)14(19)20/h4-6,11H,1-3,7-8H2,(H,19,20). The molecule has 4 nitrogen and oxygen atoms in total. The molecule has 6 heteroatoms. The van der Waals surface area contributed by atoms with Gasteiger partial charge in [-0.3, -0.25) is 4.79 Å². The maximum Gasteiger partial charge on any atom is 0.326 e. The Balaban J connectivity index is 2.33. The molecule has 2 rings (SSSR count). The molecule has 20 heavy (non-hydrogen) atoms. The summed E-state index contributed by atoms with van der Waals surface area (Å²) in [5.74, 6) is -2.24. The van der Waals surface area contributed by atoms with Gasteiger partial charge in [-0.05, 0) is 40.9 Å². The number of carbonyl (C=O) groups excluding carboxylic acids is 1. The minimum absolute atomic E-state index is 0.0903. The van der Waals surface area contributed by atoms with Crippen LogP contribution in [0.5, 0.6) is 0 Å². The van der Waals surface area contributed by atoms with E-state index in [0.29, 0.717) is 13.0 Å². The van der Waals surface area contributed by atoms with E-state index in [9.17, 15) is 19.1 Å². The van der Waals surface area contributed by atoms with Gasteiger partial charge in [-0.15, -0.1) is 0 Å². The predicted octanol–water partition coefficient (Wildman–Crippen LogP) is 3.06. The van der Waals surface area contributed by atoms with Gasteiger partial charge in [0.2, 0.25) is 0 Å². The number of carboxylic acids is 1. The highest BCUT2D eigenvalue weighted by atomic mass is 79.9. The van der Waals surface area contributed by atoms with E-state index < -0.39 is 23.7 Å². The van der Waals surface area contributed by atoms with Crippen molar-refractivity contribution in [3.05, 3.63) is 34.1 Å². The molecule has 0 saturated carbocycles. The van der Waals surface area contributed by atoms with Crippen LogP contribution in [0.15, 0.2) is 22.7 Å². The molecule has 0 spiro atoms. The number of aliphatic carboxylic acids is 1. The zero-order chi connectivity index (χ0) is 14.7. The third kappa shape index (κ3) is 3.00. The number of halogens is 2. The molecule has 1 heterocycles. The van der Waals surface area contributed by atoms with Gasteiger partial charge in [-0.1, -0.05) is 18.9 Å². The van der Waals surface area contributed by atoms with Gasteiger partial charge in [-0.25, -0.2) is 9.18 Å². The Labute approximate surface area is 124 Å². The van der Waals surface area contributed by atoms with Gasteiger partial charge in [-0.2, -0.15) is 0 Å². The van der Waals surface area contributed by atoms with Crippen LogP contribution in [0.3, 0.4) is 0 Å². The molecule has 1 saturated heterocycles. The molecule has 0 radical (unpaired) electrons. The van der Waals surface area contributed by atoms with E-state index in [4.69, 9.17) is 0 Å². The second kappa shape index (κ2) is 6.35. The van der Waals surface area contributed by atoms with Crippen molar-refractivity contribution in [2.75, 3.05) is 6.54 Å². The van der Waals surface area contributed by atoms with E-state index in [0.717, 1.165) is 19.3 Å². The largest absolute Gasteiger partial charge is 0.480 e. The Hall–Kier alpha value is -1.43. The van der Waals surface area contributed by atoms with Gasteiger partial charge in [0.1, 0.15) is 11.9 Å². The summed E-state index contributed by atoms with van der Waals surface area (Å²) in [6.45, 7) is 0.349. The Morgan fingerprint density at radius 3 is 2.75 bits per heavy atom. The number of nitrogens with zero attached hydrogens (tertiary/aromatic N) is 1. The number of amides is 1. The Bertz CT molecular complexity index is 535. The van der Waals surface area contributed by atoms with Gasteiger partial charge in [0, 0.05) is 6.54 Å². The summed E-state index contributed by atoms with van der Waals surface area (Å²) in [6.07, 6.45) is 2.80. The van der Waals surface area contributed by atoms with Gasteiger partial charge < -0.3 is 10.0 Å². The molecule has 1 unspecified atom stereocenters. The van der Waals surface area contributed by atoms with E-state index in [1.807, 2.05) is 0 Å². The molecule has 1 fully saturated rings. The summed E-state index contributed by atoms with van der Waals surface area (Å²) in [6, 6.07) is 3.58. The molecular formula is C14H15BrFNO3. The normalized spacial score (nSPS) is 19.5. The lowest BCUT2D eigenvalue weighted by atomic mass is 10.1. The van der Waals surface area contributed by atoms with Crippen LogP contribution in [0, 0.1) is 5.82 Å². The van der Waals surface area contributed by atoms with Crippen molar-refractivity contribution in [1.29, 1.82) is 0 Å². The monoisotopic (exact) mass is 343 g/mol. The van der Waals surface area contributed by atoms with Gasteiger partial charge in [0.25, 0.3) is 5.91 Å². The van der Waals surface area contributed by atoms with Crippen LogP contribution in [-0.2, 0) is 4.79 Å². The highest BCUT2D eigenvalue weighted by Crippen LogP contribution is 2.24. The molecule has 1 aliphatic rings. The molecule has 0 aromatic heterocycles. The number of likely N-dealkylation sites (tertiary alicyclic amines) is 1. The molecule has 0 aliphatic carbocycles. The smallest absolute Gasteiger partial charge is 0.326 e. The number of hydrogen-bond donors (Lipinski definition) is 1. The maximum absolute atomic E-state index is 14.0. The van der Waals surface area contributed by atoms with Crippen molar-refractivity contribution in [3.8, 4) is 0 Å². The second-order valence-corrected chi connectivity index (χ2v) is 5.66. The van der Waals surface area contributed by atoms with Crippen molar-refractivity contribution in [3.63, 3.8) is 0 Å². The van der Waals surface area contributed by atoms with E-state index in [2.05, 4.69) is 15.9 Å². The number of carbonyl (C=O) groups is 2. The highest BCUT2D eigenvalue weighted by Gasteiger charge is 2.32. The van der Waals surface area contributed by atoms with Crippen molar-refractivity contribution < 1.29 is 19.1 Å². The fraction of sp³-hybridized carbons (Fsp3) is 0.429. The van der Waals surface area contributed by atoms with Crippen LogP contribution >= 0.6 is 15.9 Å². The minimum atomic E-state index is -1.03. The molecule has 108 valence electrons. The second-order valence-electron chi connectivity index (χ2n) is 4.80. The van der Waals surface area contributed by atoms with Gasteiger partial charge in [0.15, 0.2) is 0 Å². The van der Waals surface area contributed by atoms with E-state index in [1.165, 1.54) is 17.0 Å². The van der Waals surface area contributed by atoms with E-state index in [-0.39, 0.29) is 10.0 Å². The third-order valence-electron chi connectivity index (χ3n) is 3.48. The van der Waals surface area contributed by atoms with Crippen LogP contribution in [-0.4, -0.2) is 34.5 Å². The summed E-state index contributed by atoms with van der Waals surface area (Å²) in [4.78, 5) is 25.0. The number of carboxylic acid groups (broad SMARTS) is 1. The highest BCUT2D eigenvalue weighted by molar-refractivity contribution is 9.10. The average molecular weight is 344 g/mol. The average Bonchev–Trinajstić information content (AvgIpc) is 2.66. The third-order valence-corrected chi connectivity index (χ3v) is 4.09. The first-order valence-electron chi connectivity index (χ1n) is 6.50. The summed E-state index contributed by atoms with van der Waals surface area (Å²) in [5.41, 5.74) is -0.0903. The van der Waals surface area contributed by atoms with Crippen LogP contribution < -0.4 is 0 Å². The van der Waals surface area contributed by atoms with Gasteiger partial charge in [0.05, 0.1) is 10.0 Å². The lowest BCUT2D eigenvalue weighted by Crippen LogP contribution is -2.45. The minimum Gasteiger partial charge on any atom is -0.480 e. The Morgan fingerprint density at radius 2 is 2.05 bits per heavy atom. The molecule has 1 N–H and O–H groups in total. The molecule has 0 bridgehead atoms. The number of hydrogen-bond acceptors (Lipinski definition) is 2. The van der Waals surface area contributed by atoms with Crippen LogP contribution in [0.2, 0.25) is 0 Å². The molecule has 1 aromatic rings. The fourth-order valence-corrected chi connectivity index (χ4v) is 2.80. The van der Waals surface area contributed by atoms with E-state index in [1.54, 1.807) is 6.07 Å². The van der Waals surface area contributed by atoms with Crippen molar-refractivity contribution in [2.45, 2.75) is 31.7 Å². The summed E-state index contributed by atoms with van der Waals surface area (Å²) < 4.78 is 14.2. The summed E-state index contributed by atoms with van der Waals surface area (Å²) in [7, 11) is 0. The van der Waals surface area contributed by atoms with Crippen molar-refractivity contribution in [1.82, 2.24) is 4.90 Å². The zero-order valence-corrected chi connectivity index (χ0v) is 12.4. The molecule has 1 aliphatic heterocycles. The summed E-state index contributed by atoms with van der Waals surface area (Å²) in [5, 5.41) is 9.26. The predicted molar refractivity (Wildman–Crippen MR) is 75.0 cm³/mol. The van der Waals surface area contributed by atoms with E-state index >= 15 is 0 Å². The number of benzene rings is 1. The van der Waals surface area contributed by atoms with Crippen LogP contribution in [0.4, 0.5) is 4.39 Å². The van der Waals surface area contributed by atoms with Crippen LogP contribution in [0.1, 0.15) is 36.0 Å². The van der Waals surface area contributed by atoms with Crippen LogP contribution in [0.25, 0.3) is 0 Å². The zero-order valence-electron chi connectivity index (χ0n) is 10.8. The first-order chi connectivity index (χ1) is 9.52. The quantitative estimate of drug-likeness (QED) is 0.897. The molecular weight excluding hydrogens is 329 g/mol. The SMILES string of the molecule is O=C(O)C1CCCCCN1C(=O)c1cccc(Br)c1F. The topological polar surface area (TPSA) is 57.6 Å². The lowest BCUT2D eigenvalue weighted by molar-refractivity contribution is -0.142. The number of rotatable bonds is 2. The Kier molecular flexibility index (Phi) is 4.75. The lowest BCUT2D eigenvalue weighted by Gasteiger charge is -2.27. The summed E-state index contributed by atoms with van der Waals surface area (Å²) >= 11 is 3.04. The molecule has 1 atom stereocenters. The van der Waals surface area contributed by atoms with Gasteiger partial charge >= 0.3 is 5.97 Å². The maximum atomic E-state index is 14.0. The molecule has 1 amide bonds. The van der Waals surface area contributed by atoms with Crippen molar-refractivity contribution in [2.24, 2.45) is 0 Å². The fourth-order valence-electron chi connectivity index (χ4n) is 2.43.